The Hall–Kier alpha value is -1.58. The molecule has 0 unspecified atom stereocenters. The van der Waals surface area contributed by atoms with Crippen molar-refractivity contribution >= 4 is 10.8 Å². The van der Waals surface area contributed by atoms with Crippen LogP contribution in [0.5, 0.6) is 5.75 Å². The van der Waals surface area contributed by atoms with Crippen molar-refractivity contribution in [3.8, 4) is 5.75 Å². The number of unbranched alkanes of at least 4 members (excludes halogenated alkanes) is 2. The van der Waals surface area contributed by atoms with E-state index in [0.29, 0.717) is 6.61 Å². The Kier molecular flexibility index (Phi) is 6.51. The number of hydrogen-bond donors (Lipinski definition) is 2. The van der Waals surface area contributed by atoms with E-state index in [1.807, 2.05) is 0 Å². The summed E-state index contributed by atoms with van der Waals surface area (Å²) in [7, 11) is 0. The summed E-state index contributed by atoms with van der Waals surface area (Å²) in [6, 6.07) is 12.6. The molecule has 3 heteroatoms. The van der Waals surface area contributed by atoms with Crippen LogP contribution < -0.4 is 10.1 Å². The average Bonchev–Trinajstić information content (AvgIpc) is 2.53. The fourth-order valence-electron chi connectivity index (χ4n) is 2.46. The first kappa shape index (κ1) is 15.8. The minimum Gasteiger partial charge on any atom is -0.493 e. The molecule has 21 heavy (non-hydrogen) atoms. The molecule has 0 aliphatic carbocycles. The van der Waals surface area contributed by atoms with Crippen LogP contribution in [0.25, 0.3) is 10.8 Å². The third kappa shape index (κ3) is 4.45. The maximum atomic E-state index is 8.79. The highest BCUT2D eigenvalue weighted by Gasteiger charge is 2.08. The summed E-state index contributed by atoms with van der Waals surface area (Å²) in [4.78, 5) is 0. The predicted octanol–water partition coefficient (Wildman–Crippen LogP) is 3.49. The molecular weight excluding hydrogens is 262 g/mol. The normalized spacial score (nSPS) is 11.0. The molecule has 0 aliphatic rings. The van der Waals surface area contributed by atoms with E-state index in [9.17, 15) is 0 Å². The first-order valence-electron chi connectivity index (χ1n) is 7.81. The zero-order chi connectivity index (χ0) is 14.9. The van der Waals surface area contributed by atoms with Gasteiger partial charge in [-0.05, 0) is 42.6 Å². The van der Waals surface area contributed by atoms with E-state index < -0.39 is 0 Å². The second-order valence-electron chi connectivity index (χ2n) is 5.18. The molecule has 0 atom stereocenters. The highest BCUT2D eigenvalue weighted by molar-refractivity contribution is 5.87. The molecule has 0 aliphatic heterocycles. The van der Waals surface area contributed by atoms with Gasteiger partial charge < -0.3 is 15.2 Å². The molecule has 0 aromatic heterocycles. The van der Waals surface area contributed by atoms with Gasteiger partial charge in [0.25, 0.3) is 0 Å². The van der Waals surface area contributed by atoms with Crippen molar-refractivity contribution in [3.63, 3.8) is 0 Å². The van der Waals surface area contributed by atoms with Crippen molar-refractivity contribution in [2.24, 2.45) is 0 Å². The van der Waals surface area contributed by atoms with E-state index >= 15 is 0 Å². The molecule has 0 saturated carbocycles. The zero-order valence-corrected chi connectivity index (χ0v) is 12.8. The Morgan fingerprint density at radius 3 is 2.71 bits per heavy atom. The van der Waals surface area contributed by atoms with Crippen LogP contribution in [0.3, 0.4) is 0 Å². The van der Waals surface area contributed by atoms with Crippen molar-refractivity contribution in [2.75, 3.05) is 19.8 Å². The second-order valence-corrected chi connectivity index (χ2v) is 5.18. The van der Waals surface area contributed by atoms with Gasteiger partial charge in [0.1, 0.15) is 5.75 Å². The van der Waals surface area contributed by atoms with Crippen LogP contribution >= 0.6 is 0 Å². The molecule has 0 bridgehead atoms. The Bertz CT molecular complexity index is 554. The van der Waals surface area contributed by atoms with Crippen LogP contribution in [0, 0.1) is 0 Å². The van der Waals surface area contributed by atoms with Gasteiger partial charge in [0.2, 0.25) is 0 Å². The first-order chi connectivity index (χ1) is 10.4. The third-order valence-corrected chi connectivity index (χ3v) is 3.61. The van der Waals surface area contributed by atoms with Crippen LogP contribution in [-0.4, -0.2) is 24.9 Å². The van der Waals surface area contributed by atoms with Crippen molar-refractivity contribution in [2.45, 2.75) is 32.7 Å². The van der Waals surface area contributed by atoms with Crippen LogP contribution in [0.15, 0.2) is 36.4 Å². The van der Waals surface area contributed by atoms with E-state index in [4.69, 9.17) is 9.84 Å². The number of aliphatic hydroxyl groups is 1. The smallest absolute Gasteiger partial charge is 0.124 e. The Balaban J connectivity index is 2.13. The SMILES string of the molecule is CCNCc1c(OCCCCCO)ccc2ccccc12. The number of nitrogens with one attached hydrogen (secondary N) is 1. The van der Waals surface area contributed by atoms with Gasteiger partial charge in [-0.1, -0.05) is 37.3 Å². The van der Waals surface area contributed by atoms with Crippen LogP contribution in [0.1, 0.15) is 31.7 Å². The lowest BCUT2D eigenvalue weighted by molar-refractivity contribution is 0.265. The van der Waals surface area contributed by atoms with Gasteiger partial charge in [-0.25, -0.2) is 0 Å². The van der Waals surface area contributed by atoms with E-state index in [2.05, 4.69) is 48.6 Å². The Morgan fingerprint density at radius 1 is 1.05 bits per heavy atom. The van der Waals surface area contributed by atoms with Gasteiger partial charge in [0, 0.05) is 18.7 Å². The topological polar surface area (TPSA) is 41.5 Å². The molecule has 114 valence electrons. The molecule has 0 heterocycles. The van der Waals surface area contributed by atoms with Crippen molar-refractivity contribution < 1.29 is 9.84 Å². The Morgan fingerprint density at radius 2 is 1.90 bits per heavy atom. The molecule has 0 saturated heterocycles. The summed E-state index contributed by atoms with van der Waals surface area (Å²) in [5.74, 6) is 0.971. The second kappa shape index (κ2) is 8.65. The van der Waals surface area contributed by atoms with Gasteiger partial charge >= 0.3 is 0 Å². The Labute approximate surface area is 126 Å². The van der Waals surface area contributed by atoms with Crippen LogP contribution in [-0.2, 0) is 6.54 Å². The van der Waals surface area contributed by atoms with E-state index in [1.54, 1.807) is 0 Å². The third-order valence-electron chi connectivity index (χ3n) is 3.61. The fourth-order valence-corrected chi connectivity index (χ4v) is 2.46. The molecule has 0 spiro atoms. The van der Waals surface area contributed by atoms with Gasteiger partial charge in [0.05, 0.1) is 6.61 Å². The summed E-state index contributed by atoms with van der Waals surface area (Å²) in [6.07, 6.45) is 2.84. The zero-order valence-electron chi connectivity index (χ0n) is 12.8. The lowest BCUT2D eigenvalue weighted by Gasteiger charge is -2.14. The standard InChI is InChI=1S/C18H25NO2/c1-2-19-14-17-16-9-5-4-8-15(16)10-11-18(17)21-13-7-3-6-12-20/h4-5,8-11,19-20H,2-3,6-7,12-14H2,1H3. The average molecular weight is 287 g/mol. The number of ether oxygens (including phenoxy) is 1. The van der Waals surface area contributed by atoms with Crippen molar-refractivity contribution in [3.05, 3.63) is 42.0 Å². The summed E-state index contributed by atoms with van der Waals surface area (Å²) in [5.41, 5.74) is 1.23. The van der Waals surface area contributed by atoms with E-state index in [-0.39, 0.29) is 6.61 Å². The maximum absolute atomic E-state index is 8.79. The molecule has 0 fully saturated rings. The fraction of sp³-hybridized carbons (Fsp3) is 0.444. The molecule has 3 nitrogen and oxygen atoms in total. The largest absolute Gasteiger partial charge is 0.493 e. The van der Waals surface area contributed by atoms with Crippen molar-refractivity contribution in [1.82, 2.24) is 5.32 Å². The molecule has 2 N–H and O–H groups in total. The molecule has 0 amide bonds. The van der Waals surface area contributed by atoms with E-state index in [0.717, 1.165) is 38.1 Å². The molecule has 2 rings (SSSR count). The molecule has 2 aromatic carbocycles. The minimum absolute atomic E-state index is 0.266. The van der Waals surface area contributed by atoms with E-state index in [1.165, 1.54) is 16.3 Å². The molecule has 2 aromatic rings. The van der Waals surface area contributed by atoms with Crippen molar-refractivity contribution in [1.29, 1.82) is 0 Å². The highest BCUT2D eigenvalue weighted by atomic mass is 16.5. The van der Waals surface area contributed by atoms with Gasteiger partial charge in [0.15, 0.2) is 0 Å². The monoisotopic (exact) mass is 287 g/mol. The summed E-state index contributed by atoms with van der Waals surface area (Å²) in [5, 5.41) is 14.7. The maximum Gasteiger partial charge on any atom is 0.124 e. The molecule has 0 radical (unpaired) electrons. The molecular formula is C18H25NO2. The van der Waals surface area contributed by atoms with Gasteiger partial charge in [-0.2, -0.15) is 0 Å². The number of hydrogen-bond acceptors (Lipinski definition) is 3. The van der Waals surface area contributed by atoms with Crippen LogP contribution in [0.2, 0.25) is 0 Å². The minimum atomic E-state index is 0.266. The number of rotatable bonds is 9. The van der Waals surface area contributed by atoms with Crippen LogP contribution in [0.4, 0.5) is 0 Å². The van der Waals surface area contributed by atoms with Gasteiger partial charge in [-0.15, -0.1) is 0 Å². The lowest BCUT2D eigenvalue weighted by atomic mass is 10.0. The quantitative estimate of drug-likeness (QED) is 0.694. The summed E-state index contributed by atoms with van der Waals surface area (Å²) >= 11 is 0. The predicted molar refractivity (Wildman–Crippen MR) is 87.8 cm³/mol. The lowest BCUT2D eigenvalue weighted by Crippen LogP contribution is -2.13. The van der Waals surface area contributed by atoms with Gasteiger partial charge in [-0.3, -0.25) is 0 Å². The highest BCUT2D eigenvalue weighted by Crippen LogP contribution is 2.28. The number of benzene rings is 2. The first-order valence-corrected chi connectivity index (χ1v) is 7.81. The number of fused-ring (bicyclic) bond motifs is 1. The summed E-state index contributed by atoms with van der Waals surface area (Å²) < 4.78 is 5.97. The summed E-state index contributed by atoms with van der Waals surface area (Å²) in [6.45, 7) is 4.85. The number of aliphatic hydroxyl groups excluding tert-OH is 1.